The topological polar surface area (TPSA) is 61.7 Å². The Morgan fingerprint density at radius 2 is 2.00 bits per heavy atom. The van der Waals surface area contributed by atoms with E-state index in [4.69, 9.17) is 5.73 Å². The number of nitrogens with two attached hydrogens (primary N) is 1. The third-order valence-electron chi connectivity index (χ3n) is 3.61. The molecule has 0 bridgehead atoms. The molecule has 2 aromatic rings. The van der Waals surface area contributed by atoms with Crippen LogP contribution in [0.1, 0.15) is 26.7 Å². The first-order valence-corrected chi connectivity index (χ1v) is 6.36. The van der Waals surface area contributed by atoms with Crippen LogP contribution in [-0.2, 0) is 13.6 Å². The van der Waals surface area contributed by atoms with E-state index in [9.17, 15) is 0 Å². The zero-order valence-electron chi connectivity index (χ0n) is 11.3. The summed E-state index contributed by atoms with van der Waals surface area (Å²) in [5, 5.41) is 4.19. The highest BCUT2D eigenvalue weighted by molar-refractivity contribution is 5.56. The molecule has 0 amide bonds. The van der Waals surface area contributed by atoms with Gasteiger partial charge in [0.05, 0.1) is 24.4 Å². The third-order valence-corrected chi connectivity index (χ3v) is 3.61. The van der Waals surface area contributed by atoms with Crippen molar-refractivity contribution in [3.63, 3.8) is 0 Å². The normalized spacial score (nSPS) is 12.0. The van der Waals surface area contributed by atoms with Gasteiger partial charge in [-0.1, -0.05) is 13.8 Å². The van der Waals surface area contributed by atoms with Crippen molar-refractivity contribution >= 4 is 0 Å². The first-order valence-electron chi connectivity index (χ1n) is 6.36. The molecule has 0 unspecified atom stereocenters. The number of aryl methyl sites for hydroxylation is 1. The quantitative estimate of drug-likeness (QED) is 0.876. The molecule has 18 heavy (non-hydrogen) atoms. The molecule has 0 spiro atoms. The van der Waals surface area contributed by atoms with E-state index in [0.717, 1.165) is 30.6 Å². The van der Waals surface area contributed by atoms with Crippen LogP contribution in [-0.4, -0.2) is 24.9 Å². The fraction of sp³-hybridized carbons (Fsp3) is 0.538. The number of hydrogen-bond acceptors (Lipinski definition) is 3. The highest BCUT2D eigenvalue weighted by Crippen LogP contribution is 2.22. The minimum Gasteiger partial charge on any atom is -0.329 e. The summed E-state index contributed by atoms with van der Waals surface area (Å²) in [6.07, 6.45) is 9.45. The van der Waals surface area contributed by atoms with E-state index < -0.39 is 0 Å². The molecule has 0 aliphatic carbocycles. The lowest BCUT2D eigenvalue weighted by molar-refractivity contribution is 0.340. The van der Waals surface area contributed by atoms with Crippen molar-refractivity contribution < 1.29 is 0 Å². The van der Waals surface area contributed by atoms with Crippen LogP contribution in [0.4, 0.5) is 0 Å². The Hall–Kier alpha value is -1.62. The van der Waals surface area contributed by atoms with E-state index in [-0.39, 0.29) is 5.54 Å². The van der Waals surface area contributed by atoms with Crippen molar-refractivity contribution in [2.45, 2.75) is 38.8 Å². The fourth-order valence-electron chi connectivity index (χ4n) is 2.05. The molecule has 2 N–H and O–H groups in total. The van der Waals surface area contributed by atoms with E-state index in [1.807, 2.05) is 32.0 Å². The largest absolute Gasteiger partial charge is 0.329 e. The summed E-state index contributed by atoms with van der Waals surface area (Å²) >= 11 is 0. The Kier molecular flexibility index (Phi) is 3.52. The Morgan fingerprint density at radius 1 is 1.28 bits per heavy atom. The standard InChI is InChI=1S/C13H21N5/c1-4-13(14,5-2)9-18-10-15-7-12(18)11-6-16-17(3)8-11/h6-8,10H,4-5,9,14H2,1-3H3. The Balaban J connectivity index is 2.28. The van der Waals surface area contributed by atoms with Crippen molar-refractivity contribution in [3.05, 3.63) is 24.9 Å². The molecule has 0 radical (unpaired) electrons. The number of nitrogens with zero attached hydrogens (tertiary/aromatic N) is 4. The van der Waals surface area contributed by atoms with E-state index in [1.165, 1.54) is 0 Å². The first kappa shape index (κ1) is 12.8. The zero-order chi connectivity index (χ0) is 13.2. The Labute approximate surface area is 108 Å². The van der Waals surface area contributed by atoms with E-state index in [2.05, 4.69) is 28.5 Å². The van der Waals surface area contributed by atoms with Gasteiger partial charge < -0.3 is 10.3 Å². The highest BCUT2D eigenvalue weighted by atomic mass is 15.2. The van der Waals surface area contributed by atoms with Crippen LogP contribution in [0.25, 0.3) is 11.3 Å². The number of rotatable bonds is 5. The van der Waals surface area contributed by atoms with E-state index in [1.54, 1.807) is 4.68 Å². The molecular formula is C13H21N5. The number of aromatic nitrogens is 4. The van der Waals surface area contributed by atoms with Crippen LogP contribution in [0.5, 0.6) is 0 Å². The number of imidazole rings is 1. The molecule has 2 heterocycles. The maximum atomic E-state index is 6.37. The van der Waals surface area contributed by atoms with Crippen LogP contribution >= 0.6 is 0 Å². The van der Waals surface area contributed by atoms with Crippen molar-refractivity contribution in [1.82, 2.24) is 19.3 Å². The van der Waals surface area contributed by atoms with Gasteiger partial charge in [0, 0.05) is 30.9 Å². The molecule has 5 heteroatoms. The van der Waals surface area contributed by atoms with Gasteiger partial charge in [-0.25, -0.2) is 4.98 Å². The Bertz CT molecular complexity index is 507. The minimum atomic E-state index is -0.169. The van der Waals surface area contributed by atoms with Crippen LogP contribution in [0, 0.1) is 0 Å². The summed E-state index contributed by atoms with van der Waals surface area (Å²) < 4.78 is 3.91. The predicted octanol–water partition coefficient (Wildman–Crippen LogP) is 1.80. The lowest BCUT2D eigenvalue weighted by atomic mass is 9.94. The van der Waals surface area contributed by atoms with Crippen LogP contribution in [0.2, 0.25) is 0 Å². The molecule has 98 valence electrons. The molecular weight excluding hydrogens is 226 g/mol. The monoisotopic (exact) mass is 247 g/mol. The van der Waals surface area contributed by atoms with E-state index in [0.29, 0.717) is 0 Å². The second kappa shape index (κ2) is 4.94. The van der Waals surface area contributed by atoms with Crippen LogP contribution < -0.4 is 5.73 Å². The van der Waals surface area contributed by atoms with Crippen molar-refractivity contribution in [2.75, 3.05) is 0 Å². The highest BCUT2D eigenvalue weighted by Gasteiger charge is 2.22. The summed E-state index contributed by atoms with van der Waals surface area (Å²) in [5.74, 6) is 0. The van der Waals surface area contributed by atoms with Crippen molar-refractivity contribution in [1.29, 1.82) is 0 Å². The molecule has 0 saturated heterocycles. The molecule has 5 nitrogen and oxygen atoms in total. The van der Waals surface area contributed by atoms with Crippen molar-refractivity contribution in [2.24, 2.45) is 12.8 Å². The van der Waals surface area contributed by atoms with Gasteiger partial charge in [0.1, 0.15) is 0 Å². The molecule has 0 atom stereocenters. The SMILES string of the molecule is CCC(N)(CC)Cn1cncc1-c1cnn(C)c1. The van der Waals surface area contributed by atoms with Gasteiger partial charge in [-0.2, -0.15) is 5.10 Å². The first-order chi connectivity index (χ1) is 8.58. The summed E-state index contributed by atoms with van der Waals surface area (Å²) in [6, 6.07) is 0. The van der Waals surface area contributed by atoms with Gasteiger partial charge in [0.2, 0.25) is 0 Å². The van der Waals surface area contributed by atoms with Gasteiger partial charge in [-0.3, -0.25) is 4.68 Å². The summed E-state index contributed by atoms with van der Waals surface area (Å²) in [7, 11) is 1.91. The maximum Gasteiger partial charge on any atom is 0.0951 e. The average molecular weight is 247 g/mol. The summed E-state index contributed by atoms with van der Waals surface area (Å²) in [6.45, 7) is 5.04. The average Bonchev–Trinajstić information content (AvgIpc) is 2.97. The molecule has 0 aromatic carbocycles. The molecule has 2 rings (SSSR count). The van der Waals surface area contributed by atoms with Gasteiger partial charge >= 0.3 is 0 Å². The van der Waals surface area contributed by atoms with Gasteiger partial charge in [-0.05, 0) is 12.8 Å². The second-order valence-corrected chi connectivity index (χ2v) is 4.88. The molecule has 0 aliphatic heterocycles. The van der Waals surface area contributed by atoms with Crippen LogP contribution in [0.15, 0.2) is 24.9 Å². The maximum absolute atomic E-state index is 6.37. The zero-order valence-corrected chi connectivity index (χ0v) is 11.3. The second-order valence-electron chi connectivity index (χ2n) is 4.88. The van der Waals surface area contributed by atoms with E-state index >= 15 is 0 Å². The predicted molar refractivity (Wildman–Crippen MR) is 71.9 cm³/mol. The fourth-order valence-corrected chi connectivity index (χ4v) is 2.05. The third kappa shape index (κ3) is 2.46. The smallest absolute Gasteiger partial charge is 0.0951 e. The molecule has 0 aliphatic rings. The Morgan fingerprint density at radius 3 is 2.56 bits per heavy atom. The minimum absolute atomic E-state index is 0.169. The summed E-state index contributed by atoms with van der Waals surface area (Å²) in [5.41, 5.74) is 8.34. The molecule has 0 saturated carbocycles. The lowest BCUT2D eigenvalue weighted by Crippen LogP contribution is -2.42. The number of hydrogen-bond donors (Lipinski definition) is 1. The van der Waals surface area contributed by atoms with Gasteiger partial charge in [0.25, 0.3) is 0 Å². The van der Waals surface area contributed by atoms with Crippen molar-refractivity contribution in [3.8, 4) is 11.3 Å². The lowest BCUT2D eigenvalue weighted by Gasteiger charge is -2.27. The molecule has 2 aromatic heterocycles. The van der Waals surface area contributed by atoms with Gasteiger partial charge in [0.15, 0.2) is 0 Å². The summed E-state index contributed by atoms with van der Waals surface area (Å²) in [4.78, 5) is 4.23. The van der Waals surface area contributed by atoms with Crippen LogP contribution in [0.3, 0.4) is 0 Å². The molecule has 0 fully saturated rings. The van der Waals surface area contributed by atoms with Gasteiger partial charge in [-0.15, -0.1) is 0 Å².